The van der Waals surface area contributed by atoms with Gasteiger partial charge in [-0.15, -0.1) is 11.3 Å². The van der Waals surface area contributed by atoms with Crippen LogP contribution in [0.4, 0.5) is 10.1 Å². The molecule has 0 atom stereocenters. The fourth-order valence-corrected chi connectivity index (χ4v) is 4.71. The van der Waals surface area contributed by atoms with Gasteiger partial charge in [0.1, 0.15) is 5.82 Å². The monoisotopic (exact) mass is 421 g/mol. The van der Waals surface area contributed by atoms with Crippen molar-refractivity contribution in [3.8, 4) is 0 Å². The smallest absolute Gasteiger partial charge is 0.266 e. The van der Waals surface area contributed by atoms with E-state index in [1.807, 2.05) is 32.0 Å². The van der Waals surface area contributed by atoms with Gasteiger partial charge in [-0.05, 0) is 49.2 Å². The summed E-state index contributed by atoms with van der Waals surface area (Å²) in [5.41, 5.74) is 3.28. The Bertz CT molecular complexity index is 944. The minimum Gasteiger partial charge on any atom is -0.380 e. The molecule has 3 rings (SSSR count). The van der Waals surface area contributed by atoms with Crippen LogP contribution in [0.3, 0.4) is 0 Å². The maximum Gasteiger partial charge on any atom is 0.266 e. The first-order valence-corrected chi connectivity index (χ1v) is 9.30. The van der Waals surface area contributed by atoms with Crippen LogP contribution >= 0.6 is 27.3 Å². The van der Waals surface area contributed by atoms with Crippen molar-refractivity contribution in [3.05, 3.63) is 62.2 Å². The lowest BCUT2D eigenvalue weighted by molar-refractivity contribution is 0.102. The molecule has 0 saturated heterocycles. The largest absolute Gasteiger partial charge is 0.380 e. The molecule has 0 aliphatic rings. The third-order valence-electron chi connectivity index (χ3n) is 3.99. The second kappa shape index (κ2) is 7.23. The Morgan fingerprint density at radius 3 is 2.60 bits per heavy atom. The van der Waals surface area contributed by atoms with Crippen molar-refractivity contribution in [1.82, 2.24) is 0 Å². The summed E-state index contributed by atoms with van der Waals surface area (Å²) in [5.74, 6) is -0.586. The van der Waals surface area contributed by atoms with Crippen LogP contribution in [0.2, 0.25) is 0 Å². The summed E-state index contributed by atoms with van der Waals surface area (Å²) in [7, 11) is 1.54. The van der Waals surface area contributed by atoms with Crippen molar-refractivity contribution in [2.75, 3.05) is 12.4 Å². The van der Waals surface area contributed by atoms with Crippen LogP contribution in [0.15, 0.2) is 34.8 Å². The highest BCUT2D eigenvalue weighted by molar-refractivity contribution is 9.10. The van der Waals surface area contributed by atoms with E-state index in [4.69, 9.17) is 4.74 Å². The summed E-state index contributed by atoms with van der Waals surface area (Å²) >= 11 is 4.73. The SMILES string of the molecule is COCc1c(C(=O)Nc2c(C)cc(Br)cc2C)sc2cccc(F)c12. The Kier molecular flexibility index (Phi) is 5.22. The molecule has 6 heteroatoms. The summed E-state index contributed by atoms with van der Waals surface area (Å²) in [6, 6.07) is 8.76. The lowest BCUT2D eigenvalue weighted by Crippen LogP contribution is -2.14. The number of ether oxygens (including phenoxy) is 1. The average molecular weight is 422 g/mol. The quantitative estimate of drug-likeness (QED) is 0.576. The number of halogens is 2. The molecule has 25 heavy (non-hydrogen) atoms. The summed E-state index contributed by atoms with van der Waals surface area (Å²) < 4.78 is 21.2. The third-order valence-corrected chi connectivity index (χ3v) is 5.65. The standard InChI is InChI=1S/C19H17BrFNO2S/c1-10-7-12(20)8-11(2)17(10)22-19(23)18-13(9-24-3)16-14(21)5-4-6-15(16)25-18/h4-8H,9H2,1-3H3,(H,22,23). The second-order valence-electron chi connectivity index (χ2n) is 5.82. The van der Waals surface area contributed by atoms with Crippen molar-refractivity contribution in [2.24, 2.45) is 0 Å². The number of anilines is 1. The normalized spacial score (nSPS) is 11.1. The van der Waals surface area contributed by atoms with Crippen molar-refractivity contribution in [2.45, 2.75) is 20.5 Å². The van der Waals surface area contributed by atoms with Gasteiger partial charge in [0, 0.05) is 32.9 Å². The van der Waals surface area contributed by atoms with E-state index >= 15 is 0 Å². The lowest BCUT2D eigenvalue weighted by Gasteiger charge is -2.12. The fourth-order valence-electron chi connectivity index (χ4n) is 2.91. The number of benzene rings is 2. The van der Waals surface area contributed by atoms with Crippen molar-refractivity contribution < 1.29 is 13.9 Å². The molecule has 1 N–H and O–H groups in total. The zero-order valence-electron chi connectivity index (χ0n) is 14.1. The van der Waals surface area contributed by atoms with E-state index in [0.717, 1.165) is 26.0 Å². The van der Waals surface area contributed by atoms with E-state index in [0.29, 0.717) is 15.8 Å². The molecular weight excluding hydrogens is 405 g/mol. The fraction of sp³-hybridized carbons (Fsp3) is 0.211. The molecule has 0 spiro atoms. The molecule has 2 aromatic carbocycles. The first-order chi connectivity index (χ1) is 11.9. The molecule has 0 unspecified atom stereocenters. The summed E-state index contributed by atoms with van der Waals surface area (Å²) in [6.45, 7) is 4.06. The first-order valence-electron chi connectivity index (χ1n) is 7.69. The number of rotatable bonds is 4. The van der Waals surface area contributed by atoms with E-state index in [2.05, 4.69) is 21.2 Å². The Morgan fingerprint density at radius 2 is 1.96 bits per heavy atom. The maximum absolute atomic E-state index is 14.3. The van der Waals surface area contributed by atoms with Gasteiger partial charge < -0.3 is 10.1 Å². The number of carbonyl (C=O) groups excluding carboxylic acids is 1. The van der Waals surface area contributed by atoms with E-state index in [-0.39, 0.29) is 18.3 Å². The Morgan fingerprint density at radius 1 is 1.28 bits per heavy atom. The number of hydrogen-bond donors (Lipinski definition) is 1. The number of methoxy groups -OCH3 is 1. The van der Waals surface area contributed by atoms with Crippen LogP contribution in [0.1, 0.15) is 26.4 Å². The van der Waals surface area contributed by atoms with Gasteiger partial charge in [0.15, 0.2) is 0 Å². The Hall–Kier alpha value is -1.76. The molecule has 3 aromatic rings. The molecule has 0 bridgehead atoms. The number of hydrogen-bond acceptors (Lipinski definition) is 3. The van der Waals surface area contributed by atoms with E-state index < -0.39 is 0 Å². The highest BCUT2D eigenvalue weighted by Crippen LogP contribution is 2.35. The van der Waals surface area contributed by atoms with E-state index in [1.165, 1.54) is 24.5 Å². The Labute approximate surface area is 157 Å². The number of amides is 1. The van der Waals surface area contributed by atoms with Crippen LogP contribution in [0.5, 0.6) is 0 Å². The first kappa shape index (κ1) is 18.0. The molecule has 0 aliphatic carbocycles. The molecule has 3 nitrogen and oxygen atoms in total. The van der Waals surface area contributed by atoms with Gasteiger partial charge in [0.25, 0.3) is 5.91 Å². The third kappa shape index (κ3) is 3.47. The molecular formula is C19H17BrFNO2S. The predicted molar refractivity (Wildman–Crippen MR) is 104 cm³/mol. The number of thiophene rings is 1. The molecule has 0 saturated carbocycles. The predicted octanol–water partition coefficient (Wildman–Crippen LogP) is 5.82. The molecule has 1 amide bonds. The van der Waals surface area contributed by atoms with E-state index in [9.17, 15) is 9.18 Å². The van der Waals surface area contributed by atoms with Gasteiger partial charge in [-0.25, -0.2) is 4.39 Å². The van der Waals surface area contributed by atoms with Gasteiger partial charge in [0.05, 0.1) is 11.5 Å². The van der Waals surface area contributed by atoms with Crippen molar-refractivity contribution in [1.29, 1.82) is 0 Å². The number of carbonyl (C=O) groups is 1. The highest BCUT2D eigenvalue weighted by Gasteiger charge is 2.21. The molecule has 0 fully saturated rings. The Balaban J connectivity index is 2.06. The van der Waals surface area contributed by atoms with E-state index in [1.54, 1.807) is 6.07 Å². The topological polar surface area (TPSA) is 38.3 Å². The van der Waals surface area contributed by atoms with Crippen LogP contribution in [0, 0.1) is 19.7 Å². The van der Waals surface area contributed by atoms with Crippen LogP contribution in [0.25, 0.3) is 10.1 Å². The maximum atomic E-state index is 14.3. The molecule has 0 aliphatic heterocycles. The minimum absolute atomic E-state index is 0.183. The number of fused-ring (bicyclic) bond motifs is 1. The zero-order chi connectivity index (χ0) is 18.1. The average Bonchev–Trinajstić information content (AvgIpc) is 2.91. The van der Waals surface area contributed by atoms with Crippen LogP contribution in [-0.2, 0) is 11.3 Å². The van der Waals surface area contributed by atoms with Gasteiger partial charge in [-0.3, -0.25) is 4.79 Å². The van der Waals surface area contributed by atoms with Crippen molar-refractivity contribution in [3.63, 3.8) is 0 Å². The van der Waals surface area contributed by atoms with Gasteiger partial charge in [-0.2, -0.15) is 0 Å². The molecule has 1 aromatic heterocycles. The summed E-state index contributed by atoms with van der Waals surface area (Å²) in [4.78, 5) is 13.4. The van der Waals surface area contributed by atoms with Crippen LogP contribution < -0.4 is 5.32 Å². The van der Waals surface area contributed by atoms with Gasteiger partial charge in [-0.1, -0.05) is 22.0 Å². The number of nitrogens with one attached hydrogen (secondary N) is 1. The lowest BCUT2D eigenvalue weighted by atomic mass is 10.1. The van der Waals surface area contributed by atoms with Crippen molar-refractivity contribution >= 4 is 48.9 Å². The molecule has 0 radical (unpaired) electrons. The summed E-state index contributed by atoms with van der Waals surface area (Å²) in [5, 5.41) is 3.44. The second-order valence-corrected chi connectivity index (χ2v) is 7.79. The van der Waals surface area contributed by atoms with Crippen LogP contribution in [-0.4, -0.2) is 13.0 Å². The molecule has 1 heterocycles. The minimum atomic E-state index is -0.337. The summed E-state index contributed by atoms with van der Waals surface area (Å²) in [6.07, 6.45) is 0. The van der Waals surface area contributed by atoms with Gasteiger partial charge >= 0.3 is 0 Å². The highest BCUT2D eigenvalue weighted by atomic mass is 79.9. The number of aryl methyl sites for hydroxylation is 2. The van der Waals surface area contributed by atoms with Gasteiger partial charge in [0.2, 0.25) is 0 Å². The zero-order valence-corrected chi connectivity index (χ0v) is 16.5. The molecule has 130 valence electrons.